The molecule has 0 aliphatic heterocycles. The van der Waals surface area contributed by atoms with Crippen molar-refractivity contribution in [2.24, 2.45) is 0 Å². The van der Waals surface area contributed by atoms with Crippen LogP contribution >= 0.6 is 0 Å². The zero-order chi connectivity index (χ0) is 18.9. The number of ether oxygens (including phenoxy) is 2. The van der Waals surface area contributed by atoms with Crippen LogP contribution in [0.1, 0.15) is 25.0 Å². The molecule has 0 bridgehead atoms. The summed E-state index contributed by atoms with van der Waals surface area (Å²) in [6, 6.07) is 9.40. The lowest BCUT2D eigenvalue weighted by Crippen LogP contribution is -2.34. The maximum absolute atomic E-state index is 12.4. The predicted octanol–water partition coefficient (Wildman–Crippen LogP) is 3.47. The van der Waals surface area contributed by atoms with E-state index in [2.05, 4.69) is 20.4 Å². The molecule has 0 aliphatic carbocycles. The molecule has 0 saturated heterocycles. The number of halogens is 2. The molecule has 2 N–H and O–H groups in total. The normalized spacial score (nSPS) is 10.7. The average Bonchev–Trinajstić information content (AvgIpc) is 2.59. The number of amides is 2. The van der Waals surface area contributed by atoms with Gasteiger partial charge in [0, 0.05) is 30.9 Å². The fourth-order valence-electron chi connectivity index (χ4n) is 2.11. The molecule has 0 radical (unpaired) electrons. The van der Waals surface area contributed by atoms with E-state index in [-0.39, 0.29) is 24.9 Å². The van der Waals surface area contributed by atoms with E-state index in [0.717, 1.165) is 5.56 Å². The number of hydrogen-bond acceptors (Lipinski definition) is 4. The number of urea groups is 1. The van der Waals surface area contributed by atoms with Crippen LogP contribution in [-0.2, 0) is 13.1 Å². The summed E-state index contributed by atoms with van der Waals surface area (Å²) >= 11 is 0. The topological polar surface area (TPSA) is 72.5 Å². The Bertz CT molecular complexity index is 709. The number of hydrogen-bond donors (Lipinski definition) is 2. The maximum Gasteiger partial charge on any atom is 0.387 e. The lowest BCUT2D eigenvalue weighted by Gasteiger charge is -2.12. The average molecular weight is 365 g/mol. The monoisotopic (exact) mass is 365 g/mol. The molecule has 0 aliphatic rings. The van der Waals surface area contributed by atoms with Gasteiger partial charge in [-0.25, -0.2) is 9.78 Å². The van der Waals surface area contributed by atoms with Gasteiger partial charge >= 0.3 is 12.6 Å². The minimum atomic E-state index is -2.92. The largest absolute Gasteiger partial charge is 0.475 e. The van der Waals surface area contributed by atoms with Crippen molar-refractivity contribution in [1.82, 2.24) is 15.6 Å². The number of benzene rings is 1. The highest BCUT2D eigenvalue weighted by Gasteiger charge is 2.10. The second-order valence-electron chi connectivity index (χ2n) is 5.69. The summed E-state index contributed by atoms with van der Waals surface area (Å²) in [4.78, 5) is 16.0. The summed E-state index contributed by atoms with van der Waals surface area (Å²) in [5.41, 5.74) is 1.26. The standard InChI is InChI=1S/C18H21F2N3O3/c1-12(2)25-16-8-7-13(9-21-16)10-22-18(24)23-11-14-5-3-4-6-15(14)26-17(19)20/h3-9,12,17H,10-11H2,1-2H3,(H2,22,23,24). The van der Waals surface area contributed by atoms with Crippen LogP contribution in [0.2, 0.25) is 0 Å². The molecule has 2 aromatic rings. The Morgan fingerprint density at radius 1 is 1.08 bits per heavy atom. The number of nitrogens with one attached hydrogen (secondary N) is 2. The van der Waals surface area contributed by atoms with Gasteiger partial charge in [-0.3, -0.25) is 0 Å². The van der Waals surface area contributed by atoms with Gasteiger partial charge < -0.3 is 20.1 Å². The molecule has 0 spiro atoms. The van der Waals surface area contributed by atoms with Crippen LogP contribution in [-0.4, -0.2) is 23.7 Å². The SMILES string of the molecule is CC(C)Oc1ccc(CNC(=O)NCc2ccccc2OC(F)F)cn1. The van der Waals surface area contributed by atoms with Crippen LogP contribution in [0.5, 0.6) is 11.6 Å². The van der Waals surface area contributed by atoms with Crippen molar-refractivity contribution < 1.29 is 23.0 Å². The van der Waals surface area contributed by atoms with Crippen molar-refractivity contribution in [3.63, 3.8) is 0 Å². The molecule has 1 heterocycles. The Morgan fingerprint density at radius 3 is 2.46 bits per heavy atom. The van der Waals surface area contributed by atoms with Crippen LogP contribution < -0.4 is 20.1 Å². The molecule has 1 aromatic heterocycles. The zero-order valence-electron chi connectivity index (χ0n) is 14.5. The first-order valence-electron chi connectivity index (χ1n) is 8.10. The van der Waals surface area contributed by atoms with E-state index in [1.807, 2.05) is 13.8 Å². The van der Waals surface area contributed by atoms with E-state index < -0.39 is 12.6 Å². The third-order valence-electron chi connectivity index (χ3n) is 3.24. The van der Waals surface area contributed by atoms with Gasteiger partial charge in [0.25, 0.3) is 0 Å². The molecular weight excluding hydrogens is 344 g/mol. The van der Waals surface area contributed by atoms with Gasteiger partial charge in [-0.1, -0.05) is 24.3 Å². The van der Waals surface area contributed by atoms with E-state index in [0.29, 0.717) is 11.4 Å². The molecule has 2 amide bonds. The van der Waals surface area contributed by atoms with Crippen molar-refractivity contribution in [2.45, 2.75) is 39.7 Å². The van der Waals surface area contributed by atoms with Crippen LogP contribution in [0.4, 0.5) is 13.6 Å². The number of rotatable bonds is 8. The molecule has 140 valence electrons. The maximum atomic E-state index is 12.4. The minimum absolute atomic E-state index is 0.0349. The Labute approximate surface area is 150 Å². The second kappa shape index (κ2) is 9.55. The lowest BCUT2D eigenvalue weighted by molar-refractivity contribution is -0.0504. The molecule has 2 rings (SSSR count). The quantitative estimate of drug-likeness (QED) is 0.751. The summed E-state index contributed by atoms with van der Waals surface area (Å²) in [6.45, 7) is 1.24. The Morgan fingerprint density at radius 2 is 1.81 bits per heavy atom. The third-order valence-corrected chi connectivity index (χ3v) is 3.24. The smallest absolute Gasteiger partial charge is 0.387 e. The number of nitrogens with zero attached hydrogens (tertiary/aromatic N) is 1. The number of carbonyl (C=O) groups excluding carboxylic acids is 1. The zero-order valence-corrected chi connectivity index (χ0v) is 14.5. The molecule has 8 heteroatoms. The number of pyridine rings is 1. The van der Waals surface area contributed by atoms with Crippen molar-refractivity contribution in [3.05, 3.63) is 53.7 Å². The molecule has 0 unspecified atom stereocenters. The highest BCUT2D eigenvalue weighted by molar-refractivity contribution is 5.73. The van der Waals surface area contributed by atoms with Gasteiger partial charge in [0.1, 0.15) is 5.75 Å². The van der Waals surface area contributed by atoms with Crippen LogP contribution in [0.15, 0.2) is 42.6 Å². The van der Waals surface area contributed by atoms with Gasteiger partial charge in [0.05, 0.1) is 6.10 Å². The number of alkyl halides is 2. The van der Waals surface area contributed by atoms with Gasteiger partial charge in [-0.2, -0.15) is 8.78 Å². The Balaban J connectivity index is 1.81. The number of para-hydroxylation sites is 1. The molecule has 0 fully saturated rings. The van der Waals surface area contributed by atoms with E-state index in [1.54, 1.807) is 36.5 Å². The fraction of sp³-hybridized carbons (Fsp3) is 0.333. The molecule has 6 nitrogen and oxygen atoms in total. The van der Waals surface area contributed by atoms with E-state index in [4.69, 9.17) is 4.74 Å². The van der Waals surface area contributed by atoms with E-state index >= 15 is 0 Å². The van der Waals surface area contributed by atoms with Gasteiger partial charge in [0.2, 0.25) is 5.88 Å². The van der Waals surface area contributed by atoms with Crippen LogP contribution in [0, 0.1) is 0 Å². The third kappa shape index (κ3) is 6.54. The van der Waals surface area contributed by atoms with E-state index in [1.165, 1.54) is 6.07 Å². The summed E-state index contributed by atoms with van der Waals surface area (Å²) < 4.78 is 34.6. The van der Waals surface area contributed by atoms with Crippen molar-refractivity contribution in [3.8, 4) is 11.6 Å². The molecular formula is C18H21F2N3O3. The summed E-state index contributed by atoms with van der Waals surface area (Å²) in [5, 5.41) is 5.27. The van der Waals surface area contributed by atoms with Crippen molar-refractivity contribution in [1.29, 1.82) is 0 Å². The van der Waals surface area contributed by atoms with Crippen LogP contribution in [0.25, 0.3) is 0 Å². The highest BCUT2D eigenvalue weighted by atomic mass is 19.3. The first-order valence-corrected chi connectivity index (χ1v) is 8.10. The predicted molar refractivity (Wildman–Crippen MR) is 92.2 cm³/mol. The highest BCUT2D eigenvalue weighted by Crippen LogP contribution is 2.19. The van der Waals surface area contributed by atoms with Crippen molar-refractivity contribution in [2.75, 3.05) is 0 Å². The number of carbonyl (C=O) groups is 1. The Kier molecular flexibility index (Phi) is 7.13. The summed E-state index contributed by atoms with van der Waals surface area (Å²) in [6.07, 6.45) is 1.65. The van der Waals surface area contributed by atoms with Crippen molar-refractivity contribution >= 4 is 6.03 Å². The Hall–Kier alpha value is -2.90. The summed E-state index contributed by atoms with van der Waals surface area (Å²) in [5.74, 6) is 0.552. The molecule has 0 saturated carbocycles. The number of aromatic nitrogens is 1. The van der Waals surface area contributed by atoms with Crippen LogP contribution in [0.3, 0.4) is 0 Å². The summed E-state index contributed by atoms with van der Waals surface area (Å²) in [7, 11) is 0. The fourth-order valence-corrected chi connectivity index (χ4v) is 2.11. The van der Waals surface area contributed by atoms with Gasteiger partial charge in [0.15, 0.2) is 0 Å². The lowest BCUT2D eigenvalue weighted by atomic mass is 10.2. The van der Waals surface area contributed by atoms with Gasteiger partial charge in [-0.05, 0) is 25.5 Å². The first kappa shape index (κ1) is 19.4. The minimum Gasteiger partial charge on any atom is -0.475 e. The van der Waals surface area contributed by atoms with Gasteiger partial charge in [-0.15, -0.1) is 0 Å². The van der Waals surface area contributed by atoms with E-state index in [9.17, 15) is 13.6 Å². The molecule has 26 heavy (non-hydrogen) atoms. The second-order valence-corrected chi connectivity index (χ2v) is 5.69. The molecule has 0 atom stereocenters. The first-order chi connectivity index (χ1) is 12.4. The molecule has 1 aromatic carbocycles.